The molecule has 10 nitrogen and oxygen atoms in total. The number of carbonyl (C=O) groups is 1. The van der Waals surface area contributed by atoms with E-state index >= 15 is 0 Å². The first kappa shape index (κ1) is 27.5. The average molecular weight is 567 g/mol. The molecule has 3 aliphatic rings. The highest BCUT2D eigenvalue weighted by molar-refractivity contribution is 7.92. The van der Waals surface area contributed by atoms with E-state index in [1.807, 2.05) is 4.90 Å². The number of aliphatic hydroxyl groups is 1. The lowest BCUT2D eigenvalue weighted by molar-refractivity contribution is -0.104. The first-order valence-corrected chi connectivity index (χ1v) is 14.5. The summed E-state index contributed by atoms with van der Waals surface area (Å²) in [6, 6.07) is 6.83. The number of rotatable bonds is 10. The Bertz CT molecular complexity index is 1420. The molecule has 0 radical (unpaired) electrons. The molecule has 2 aliphatic carbocycles. The number of benzene rings is 1. The molecule has 2 heterocycles. The Morgan fingerprint density at radius 3 is 2.67 bits per heavy atom. The summed E-state index contributed by atoms with van der Waals surface area (Å²) in [5, 5.41) is 11.7. The Hall–Kier alpha value is -3.03. The fourth-order valence-corrected chi connectivity index (χ4v) is 6.60. The van der Waals surface area contributed by atoms with Crippen molar-refractivity contribution < 1.29 is 31.8 Å². The molecule has 3 fully saturated rings. The number of ether oxygens (including phenoxy) is 1. The van der Waals surface area contributed by atoms with E-state index in [1.54, 1.807) is 13.2 Å². The molecule has 1 saturated heterocycles. The Kier molecular flexibility index (Phi) is 7.18. The molecule has 13 heteroatoms. The molecule has 5 rings (SSSR count). The maximum Gasteiger partial charge on any atom is 0.274 e. The normalized spacial score (nSPS) is 24.0. The number of nitrogens with one attached hydrogen (secondary N) is 2. The highest BCUT2D eigenvalue weighted by Gasteiger charge is 2.56. The van der Waals surface area contributed by atoms with Crippen LogP contribution in [0.1, 0.15) is 42.1 Å². The standard InChI is InChI=1S/C26H32F2N4O6S/c1-38-16-25-6-8-31(15-17(25)12-25)22-11-18(30-39(36,37)10-9-33)4-5-20(22)23(34)29-21-3-2-7-32(24(21)35)19-13-26(27,28)14-19/h2-5,7,11,17,19,30,33H,6,8-10,12-16H2,1H3,(H,29,34)/t17-,25-/m0/s1. The fourth-order valence-electron chi connectivity index (χ4n) is 5.77. The molecule has 39 heavy (non-hydrogen) atoms. The summed E-state index contributed by atoms with van der Waals surface area (Å²) in [6.45, 7) is 1.41. The van der Waals surface area contributed by atoms with Crippen LogP contribution in [0.15, 0.2) is 41.3 Å². The molecule has 0 spiro atoms. The van der Waals surface area contributed by atoms with Crippen LogP contribution in [0, 0.1) is 11.3 Å². The van der Waals surface area contributed by atoms with Crippen molar-refractivity contribution in [3.8, 4) is 0 Å². The smallest absolute Gasteiger partial charge is 0.274 e. The van der Waals surface area contributed by atoms with E-state index in [0.717, 1.165) is 12.8 Å². The number of methoxy groups -OCH3 is 1. The van der Waals surface area contributed by atoms with Gasteiger partial charge in [-0.05, 0) is 49.1 Å². The van der Waals surface area contributed by atoms with Gasteiger partial charge in [0.1, 0.15) is 5.69 Å². The second kappa shape index (κ2) is 10.2. The molecule has 1 amide bonds. The van der Waals surface area contributed by atoms with Crippen molar-refractivity contribution in [2.24, 2.45) is 11.3 Å². The van der Waals surface area contributed by atoms with Crippen molar-refractivity contribution in [3.63, 3.8) is 0 Å². The number of hydrogen-bond donors (Lipinski definition) is 3. The number of anilines is 3. The number of piperidine rings is 1. The number of halogens is 2. The minimum absolute atomic E-state index is 0.0312. The Balaban J connectivity index is 1.41. The molecule has 0 bridgehead atoms. The predicted octanol–water partition coefficient (Wildman–Crippen LogP) is 2.67. The largest absolute Gasteiger partial charge is 0.395 e. The van der Waals surface area contributed by atoms with E-state index in [-0.39, 0.29) is 22.4 Å². The topological polar surface area (TPSA) is 130 Å². The highest BCUT2D eigenvalue weighted by Crippen LogP contribution is 2.58. The number of aliphatic hydroxyl groups excluding tert-OH is 1. The minimum atomic E-state index is -3.79. The summed E-state index contributed by atoms with van der Waals surface area (Å²) >= 11 is 0. The third-order valence-corrected chi connectivity index (χ3v) is 9.28. The Morgan fingerprint density at radius 1 is 1.23 bits per heavy atom. The fraction of sp³-hybridized carbons (Fsp3) is 0.538. The number of aromatic nitrogens is 1. The van der Waals surface area contributed by atoms with Crippen LogP contribution < -0.4 is 20.5 Å². The van der Waals surface area contributed by atoms with Crippen molar-refractivity contribution in [2.45, 2.75) is 37.6 Å². The quantitative estimate of drug-likeness (QED) is 0.403. The van der Waals surface area contributed by atoms with E-state index in [1.165, 1.54) is 35.0 Å². The van der Waals surface area contributed by atoms with Gasteiger partial charge in [0.25, 0.3) is 17.4 Å². The third-order valence-electron chi connectivity index (χ3n) is 8.01. The summed E-state index contributed by atoms with van der Waals surface area (Å²) < 4.78 is 60.3. The van der Waals surface area contributed by atoms with E-state index in [9.17, 15) is 26.8 Å². The van der Waals surface area contributed by atoms with Gasteiger partial charge in [0, 0.05) is 50.7 Å². The lowest BCUT2D eigenvalue weighted by Gasteiger charge is -2.36. The van der Waals surface area contributed by atoms with Crippen LogP contribution in [0.5, 0.6) is 0 Å². The van der Waals surface area contributed by atoms with Crippen molar-refractivity contribution in [2.75, 3.05) is 54.1 Å². The van der Waals surface area contributed by atoms with Gasteiger partial charge in [0.2, 0.25) is 10.0 Å². The molecular formula is C26H32F2N4O6S. The number of nitrogens with zero attached hydrogens (tertiary/aromatic N) is 2. The number of alkyl halides is 2. The summed E-state index contributed by atoms with van der Waals surface area (Å²) in [6.07, 6.45) is 2.44. The highest BCUT2D eigenvalue weighted by atomic mass is 32.2. The van der Waals surface area contributed by atoms with Gasteiger partial charge in [-0.15, -0.1) is 0 Å². The maximum absolute atomic E-state index is 13.5. The third kappa shape index (κ3) is 5.66. The van der Waals surface area contributed by atoms with Crippen molar-refractivity contribution in [1.82, 2.24) is 4.57 Å². The molecule has 2 aromatic rings. The number of fused-ring (bicyclic) bond motifs is 1. The van der Waals surface area contributed by atoms with Gasteiger partial charge in [-0.3, -0.25) is 14.3 Å². The number of carbonyl (C=O) groups excluding carboxylic acids is 1. The molecule has 212 valence electrons. The second-order valence-electron chi connectivity index (χ2n) is 10.8. The first-order valence-electron chi connectivity index (χ1n) is 12.9. The molecular weight excluding hydrogens is 534 g/mol. The van der Waals surface area contributed by atoms with Crippen LogP contribution in [0.4, 0.5) is 25.8 Å². The zero-order valence-electron chi connectivity index (χ0n) is 21.5. The Labute approximate surface area is 225 Å². The van der Waals surface area contributed by atoms with Gasteiger partial charge in [0.05, 0.1) is 35.9 Å². The van der Waals surface area contributed by atoms with Crippen LogP contribution in [0.25, 0.3) is 0 Å². The summed E-state index contributed by atoms with van der Waals surface area (Å²) in [4.78, 5) is 28.5. The van der Waals surface area contributed by atoms with Crippen LogP contribution in [-0.2, 0) is 14.8 Å². The lowest BCUT2D eigenvalue weighted by Crippen LogP contribution is -2.41. The zero-order valence-corrected chi connectivity index (χ0v) is 22.3. The maximum atomic E-state index is 13.5. The molecule has 1 aromatic heterocycles. The first-order chi connectivity index (χ1) is 18.5. The van der Waals surface area contributed by atoms with Gasteiger partial charge < -0.3 is 24.6 Å². The van der Waals surface area contributed by atoms with Gasteiger partial charge in [0.15, 0.2) is 0 Å². The SMILES string of the molecule is COC[C@@]12CCN(c3cc(NS(=O)(=O)CCO)ccc3C(=O)Nc3cccn(C4CC(F)(F)C4)c3=O)C[C@@H]1C2. The van der Waals surface area contributed by atoms with E-state index < -0.39 is 58.7 Å². The zero-order chi connectivity index (χ0) is 28.0. The van der Waals surface area contributed by atoms with Gasteiger partial charge >= 0.3 is 0 Å². The number of sulfonamides is 1. The number of hydrogen-bond acceptors (Lipinski definition) is 7. The molecule has 1 aromatic carbocycles. The van der Waals surface area contributed by atoms with Crippen molar-refractivity contribution in [3.05, 3.63) is 52.4 Å². The van der Waals surface area contributed by atoms with Gasteiger partial charge in [-0.25, -0.2) is 17.2 Å². The second-order valence-corrected chi connectivity index (χ2v) is 12.6. The number of pyridine rings is 1. The predicted molar refractivity (Wildman–Crippen MR) is 142 cm³/mol. The monoisotopic (exact) mass is 566 g/mol. The van der Waals surface area contributed by atoms with Gasteiger partial charge in [-0.2, -0.15) is 0 Å². The van der Waals surface area contributed by atoms with E-state index in [0.29, 0.717) is 31.3 Å². The van der Waals surface area contributed by atoms with Crippen LogP contribution in [-0.4, -0.2) is 69.1 Å². The molecule has 2 atom stereocenters. The summed E-state index contributed by atoms with van der Waals surface area (Å²) in [7, 11) is -2.11. The van der Waals surface area contributed by atoms with Gasteiger partial charge in [-0.1, -0.05) is 0 Å². The Morgan fingerprint density at radius 2 is 2.00 bits per heavy atom. The van der Waals surface area contributed by atoms with Crippen molar-refractivity contribution in [1.29, 1.82) is 0 Å². The molecule has 1 aliphatic heterocycles. The molecule has 3 N–H and O–H groups in total. The van der Waals surface area contributed by atoms with E-state index in [4.69, 9.17) is 9.84 Å². The number of amides is 1. The van der Waals surface area contributed by atoms with Crippen LogP contribution >= 0.6 is 0 Å². The van der Waals surface area contributed by atoms with Crippen molar-refractivity contribution >= 4 is 33.0 Å². The van der Waals surface area contributed by atoms with Crippen LogP contribution in [0.2, 0.25) is 0 Å². The molecule has 0 unspecified atom stereocenters. The van der Waals surface area contributed by atoms with E-state index in [2.05, 4.69) is 10.0 Å². The molecule has 2 saturated carbocycles. The summed E-state index contributed by atoms with van der Waals surface area (Å²) in [5.41, 5.74) is 0.515. The van der Waals surface area contributed by atoms with Crippen LogP contribution in [0.3, 0.4) is 0 Å². The summed E-state index contributed by atoms with van der Waals surface area (Å²) in [5.74, 6) is -3.47. The average Bonchev–Trinajstić information content (AvgIpc) is 3.57. The lowest BCUT2D eigenvalue weighted by atomic mass is 9.88. The minimum Gasteiger partial charge on any atom is -0.395 e.